The number of para-hydroxylation sites is 1. The molecule has 0 bridgehead atoms. The summed E-state index contributed by atoms with van der Waals surface area (Å²) in [4.78, 5) is 6.82. The van der Waals surface area contributed by atoms with Gasteiger partial charge in [-0.1, -0.05) is 38.5 Å². The fourth-order valence-corrected chi connectivity index (χ4v) is 3.63. The molecular formula is C15H21N3. The average molecular weight is 243 g/mol. The third-order valence-corrected chi connectivity index (χ3v) is 4.83. The molecule has 1 atom stereocenters. The van der Waals surface area contributed by atoms with E-state index in [2.05, 4.69) is 48.0 Å². The zero-order valence-corrected chi connectivity index (χ0v) is 11.2. The second-order valence-corrected chi connectivity index (χ2v) is 6.11. The maximum absolute atomic E-state index is 6.16. The first kappa shape index (κ1) is 11.6. The van der Waals surface area contributed by atoms with Crippen LogP contribution < -0.4 is 10.6 Å². The Balaban J connectivity index is 2.08. The Bertz CT molecular complexity index is 478. The van der Waals surface area contributed by atoms with Crippen LogP contribution in [0, 0.1) is 5.41 Å². The van der Waals surface area contributed by atoms with Gasteiger partial charge in [-0.05, 0) is 30.4 Å². The Labute approximate surface area is 109 Å². The van der Waals surface area contributed by atoms with Crippen LogP contribution in [0.15, 0.2) is 35.3 Å². The van der Waals surface area contributed by atoms with Crippen molar-refractivity contribution in [3.05, 3.63) is 30.3 Å². The molecule has 1 saturated carbocycles. The summed E-state index contributed by atoms with van der Waals surface area (Å²) in [6.45, 7) is 5.54. The maximum Gasteiger partial charge on any atom is 0.196 e. The minimum atomic E-state index is 0.0818. The van der Waals surface area contributed by atoms with Crippen LogP contribution >= 0.6 is 0 Å². The fourth-order valence-electron chi connectivity index (χ4n) is 3.63. The maximum atomic E-state index is 6.16. The molecule has 1 aliphatic carbocycles. The van der Waals surface area contributed by atoms with Gasteiger partial charge in [-0.2, -0.15) is 0 Å². The van der Waals surface area contributed by atoms with Gasteiger partial charge in [0.05, 0.1) is 12.1 Å². The second kappa shape index (κ2) is 3.74. The Morgan fingerprint density at radius 2 is 1.89 bits per heavy atom. The van der Waals surface area contributed by atoms with E-state index in [1.54, 1.807) is 0 Å². The van der Waals surface area contributed by atoms with E-state index < -0.39 is 0 Å². The van der Waals surface area contributed by atoms with Crippen LogP contribution in [0.25, 0.3) is 0 Å². The van der Waals surface area contributed by atoms with Gasteiger partial charge in [0.25, 0.3) is 0 Å². The van der Waals surface area contributed by atoms with Gasteiger partial charge in [0.15, 0.2) is 5.96 Å². The van der Waals surface area contributed by atoms with Crippen LogP contribution in [-0.4, -0.2) is 18.0 Å². The average Bonchev–Trinajstić information content (AvgIpc) is 2.83. The van der Waals surface area contributed by atoms with Crippen molar-refractivity contribution in [1.29, 1.82) is 0 Å². The number of hydrogen-bond donors (Lipinski definition) is 1. The predicted molar refractivity (Wildman–Crippen MR) is 75.8 cm³/mol. The lowest BCUT2D eigenvalue weighted by Gasteiger charge is -2.45. The fraction of sp³-hybridized carbons (Fsp3) is 0.533. The molecule has 1 unspecified atom stereocenters. The quantitative estimate of drug-likeness (QED) is 0.824. The molecule has 1 aromatic rings. The number of guanidine groups is 1. The van der Waals surface area contributed by atoms with Crippen LogP contribution in [0.1, 0.15) is 33.1 Å². The largest absolute Gasteiger partial charge is 0.369 e. The lowest BCUT2D eigenvalue weighted by Crippen LogP contribution is -2.57. The number of nitrogens with two attached hydrogens (primary N) is 1. The summed E-state index contributed by atoms with van der Waals surface area (Å²) in [5.41, 5.74) is 7.67. The highest BCUT2D eigenvalue weighted by Crippen LogP contribution is 2.52. The molecule has 0 aromatic heterocycles. The van der Waals surface area contributed by atoms with Crippen molar-refractivity contribution in [3.63, 3.8) is 0 Å². The lowest BCUT2D eigenvalue weighted by atomic mass is 9.74. The van der Waals surface area contributed by atoms with E-state index in [1.165, 1.54) is 24.9 Å². The molecular weight excluding hydrogens is 222 g/mol. The minimum Gasteiger partial charge on any atom is -0.369 e. The van der Waals surface area contributed by atoms with E-state index in [0.29, 0.717) is 5.96 Å². The zero-order valence-electron chi connectivity index (χ0n) is 11.2. The Kier molecular flexibility index (Phi) is 2.40. The molecule has 1 heterocycles. The van der Waals surface area contributed by atoms with Gasteiger partial charge in [-0.15, -0.1) is 0 Å². The van der Waals surface area contributed by atoms with Crippen LogP contribution in [0.4, 0.5) is 5.69 Å². The van der Waals surface area contributed by atoms with Crippen molar-refractivity contribution in [2.75, 3.05) is 11.4 Å². The minimum absolute atomic E-state index is 0.0818. The second-order valence-electron chi connectivity index (χ2n) is 6.11. The van der Waals surface area contributed by atoms with E-state index in [1.807, 2.05) is 6.07 Å². The Morgan fingerprint density at radius 1 is 1.17 bits per heavy atom. The highest BCUT2D eigenvalue weighted by molar-refractivity contribution is 5.98. The van der Waals surface area contributed by atoms with Gasteiger partial charge in [0, 0.05) is 5.69 Å². The molecule has 2 N–H and O–H groups in total. The van der Waals surface area contributed by atoms with Crippen LogP contribution in [0.3, 0.4) is 0 Å². The van der Waals surface area contributed by atoms with Crippen molar-refractivity contribution in [2.45, 2.75) is 38.6 Å². The SMILES string of the molecule is CC1(C)CCCC12CN=C(N)N2c1ccccc1. The third-order valence-electron chi connectivity index (χ3n) is 4.83. The van der Waals surface area contributed by atoms with Crippen molar-refractivity contribution >= 4 is 11.6 Å². The number of rotatable bonds is 1. The van der Waals surface area contributed by atoms with E-state index in [4.69, 9.17) is 5.73 Å². The summed E-state index contributed by atoms with van der Waals surface area (Å²) in [5.74, 6) is 0.677. The van der Waals surface area contributed by atoms with Crippen LogP contribution in [0.2, 0.25) is 0 Å². The molecule has 2 aliphatic rings. The van der Waals surface area contributed by atoms with Crippen molar-refractivity contribution < 1.29 is 0 Å². The smallest absolute Gasteiger partial charge is 0.196 e. The summed E-state index contributed by atoms with van der Waals surface area (Å²) >= 11 is 0. The highest BCUT2D eigenvalue weighted by Gasteiger charge is 2.56. The third kappa shape index (κ3) is 1.39. The number of benzene rings is 1. The highest BCUT2D eigenvalue weighted by atomic mass is 15.4. The summed E-state index contributed by atoms with van der Waals surface area (Å²) in [6, 6.07) is 10.4. The molecule has 1 aliphatic heterocycles. The van der Waals surface area contributed by atoms with Gasteiger partial charge in [0.2, 0.25) is 0 Å². The van der Waals surface area contributed by atoms with Gasteiger partial charge >= 0.3 is 0 Å². The number of anilines is 1. The first-order valence-electron chi connectivity index (χ1n) is 6.72. The number of aliphatic imine (C=N–C) groups is 1. The monoisotopic (exact) mass is 243 g/mol. The lowest BCUT2D eigenvalue weighted by molar-refractivity contribution is 0.227. The van der Waals surface area contributed by atoms with E-state index in [9.17, 15) is 0 Å². The molecule has 0 radical (unpaired) electrons. The number of hydrogen-bond acceptors (Lipinski definition) is 3. The topological polar surface area (TPSA) is 41.6 Å². The molecule has 1 fully saturated rings. The van der Waals surface area contributed by atoms with Crippen LogP contribution in [-0.2, 0) is 0 Å². The summed E-state index contributed by atoms with van der Waals surface area (Å²) in [6.07, 6.45) is 3.69. The van der Waals surface area contributed by atoms with Gasteiger partial charge < -0.3 is 10.6 Å². The summed E-state index contributed by atoms with van der Waals surface area (Å²) in [7, 11) is 0. The van der Waals surface area contributed by atoms with Crippen molar-refractivity contribution in [3.8, 4) is 0 Å². The first-order chi connectivity index (χ1) is 8.57. The summed E-state index contributed by atoms with van der Waals surface area (Å²) < 4.78 is 0. The molecule has 3 rings (SSSR count). The van der Waals surface area contributed by atoms with Gasteiger partial charge in [-0.3, -0.25) is 4.99 Å². The number of nitrogens with zero attached hydrogens (tertiary/aromatic N) is 2. The molecule has 0 amide bonds. The molecule has 1 aromatic carbocycles. The zero-order chi connectivity index (χ0) is 12.8. The van der Waals surface area contributed by atoms with E-state index in [0.717, 1.165) is 6.54 Å². The van der Waals surface area contributed by atoms with Crippen molar-refractivity contribution in [1.82, 2.24) is 0 Å². The first-order valence-corrected chi connectivity index (χ1v) is 6.72. The van der Waals surface area contributed by atoms with E-state index >= 15 is 0 Å². The predicted octanol–water partition coefficient (Wildman–Crippen LogP) is 2.77. The molecule has 96 valence electrons. The van der Waals surface area contributed by atoms with Crippen LogP contribution in [0.5, 0.6) is 0 Å². The van der Waals surface area contributed by atoms with E-state index in [-0.39, 0.29) is 11.0 Å². The molecule has 18 heavy (non-hydrogen) atoms. The Hall–Kier alpha value is -1.51. The van der Waals surface area contributed by atoms with Crippen molar-refractivity contribution in [2.24, 2.45) is 16.1 Å². The molecule has 0 saturated heterocycles. The molecule has 1 spiro atoms. The molecule has 3 heteroatoms. The molecule has 3 nitrogen and oxygen atoms in total. The van der Waals surface area contributed by atoms with Gasteiger partial charge in [0.1, 0.15) is 0 Å². The van der Waals surface area contributed by atoms with Gasteiger partial charge in [-0.25, -0.2) is 0 Å². The standard InChI is InChI=1S/C15H21N3/c1-14(2)9-6-10-15(14)11-17-13(16)18(15)12-7-4-3-5-8-12/h3-5,7-8H,6,9-11H2,1-2H3,(H2,16,17). The summed E-state index contributed by atoms with van der Waals surface area (Å²) in [5, 5.41) is 0. The normalized spacial score (nSPS) is 29.9. The Morgan fingerprint density at radius 3 is 2.50 bits per heavy atom.